The van der Waals surface area contributed by atoms with Crippen molar-refractivity contribution in [2.75, 3.05) is 7.11 Å². The lowest BCUT2D eigenvalue weighted by molar-refractivity contribution is -0.137. The first-order valence-corrected chi connectivity index (χ1v) is 6.64. The molecule has 0 radical (unpaired) electrons. The second-order valence-electron chi connectivity index (χ2n) is 5.09. The summed E-state index contributed by atoms with van der Waals surface area (Å²) >= 11 is 0. The molecule has 2 aromatic rings. The Labute approximate surface area is 122 Å². The van der Waals surface area contributed by atoms with Crippen molar-refractivity contribution in [2.45, 2.75) is 25.9 Å². The zero-order valence-electron chi connectivity index (χ0n) is 12.2. The number of ether oxygens (including phenoxy) is 1. The summed E-state index contributed by atoms with van der Waals surface area (Å²) in [5.41, 5.74) is 2.25. The highest BCUT2D eigenvalue weighted by Gasteiger charge is 2.30. The number of halogens is 3. The van der Waals surface area contributed by atoms with E-state index in [1.165, 1.54) is 12.1 Å². The van der Waals surface area contributed by atoms with Crippen molar-refractivity contribution in [3.8, 4) is 5.75 Å². The van der Waals surface area contributed by atoms with Crippen LogP contribution in [0.2, 0.25) is 0 Å². The highest BCUT2D eigenvalue weighted by molar-refractivity contribution is 5.44. The summed E-state index contributed by atoms with van der Waals surface area (Å²) in [5, 5.41) is 0. The molecule has 0 aliphatic carbocycles. The van der Waals surface area contributed by atoms with Crippen LogP contribution in [-0.2, 0) is 6.18 Å². The fraction of sp³-hybridized carbons (Fsp3) is 0.294. The number of hydrogen-bond donors (Lipinski definition) is 0. The Balaban J connectivity index is 2.36. The van der Waals surface area contributed by atoms with Gasteiger partial charge in [-0.05, 0) is 30.7 Å². The smallest absolute Gasteiger partial charge is 0.416 e. The minimum absolute atomic E-state index is 0.0397. The van der Waals surface area contributed by atoms with Crippen LogP contribution in [0.3, 0.4) is 0 Å². The summed E-state index contributed by atoms with van der Waals surface area (Å²) in [6.45, 7) is 3.93. The predicted octanol–water partition coefficient (Wildman–Crippen LogP) is 5.17. The van der Waals surface area contributed by atoms with Gasteiger partial charge in [-0.25, -0.2) is 0 Å². The number of aryl methyl sites for hydroxylation is 1. The molecule has 0 amide bonds. The molecule has 0 aliphatic heterocycles. The van der Waals surface area contributed by atoms with Gasteiger partial charge in [-0.2, -0.15) is 13.2 Å². The van der Waals surface area contributed by atoms with E-state index >= 15 is 0 Å². The number of hydrogen-bond acceptors (Lipinski definition) is 1. The van der Waals surface area contributed by atoms with E-state index in [4.69, 9.17) is 4.74 Å². The van der Waals surface area contributed by atoms with Crippen LogP contribution in [0.5, 0.6) is 5.75 Å². The molecule has 0 bridgehead atoms. The van der Waals surface area contributed by atoms with Crippen LogP contribution in [-0.4, -0.2) is 7.11 Å². The normalized spacial score (nSPS) is 13.0. The Morgan fingerprint density at radius 1 is 1.00 bits per heavy atom. The van der Waals surface area contributed by atoms with Gasteiger partial charge in [0.05, 0.1) is 12.7 Å². The Morgan fingerprint density at radius 3 is 2.14 bits per heavy atom. The predicted molar refractivity (Wildman–Crippen MR) is 76.7 cm³/mol. The van der Waals surface area contributed by atoms with Crippen molar-refractivity contribution < 1.29 is 17.9 Å². The van der Waals surface area contributed by atoms with Gasteiger partial charge in [0, 0.05) is 11.5 Å². The molecule has 1 unspecified atom stereocenters. The molecule has 0 N–H and O–H groups in total. The van der Waals surface area contributed by atoms with Crippen molar-refractivity contribution in [1.29, 1.82) is 0 Å². The van der Waals surface area contributed by atoms with E-state index in [0.29, 0.717) is 0 Å². The zero-order valence-corrected chi connectivity index (χ0v) is 12.2. The Morgan fingerprint density at radius 2 is 1.62 bits per heavy atom. The molecular weight excluding hydrogens is 277 g/mol. The molecule has 1 nitrogen and oxygen atoms in total. The molecule has 1 atom stereocenters. The molecule has 0 saturated carbocycles. The maximum absolute atomic E-state index is 12.6. The van der Waals surface area contributed by atoms with Crippen molar-refractivity contribution >= 4 is 0 Å². The number of benzene rings is 2. The lowest BCUT2D eigenvalue weighted by Gasteiger charge is -2.17. The van der Waals surface area contributed by atoms with Gasteiger partial charge < -0.3 is 4.74 Å². The molecule has 0 fully saturated rings. The first-order valence-electron chi connectivity index (χ1n) is 6.64. The second kappa shape index (κ2) is 5.80. The number of rotatable bonds is 3. The van der Waals surface area contributed by atoms with Crippen LogP contribution >= 0.6 is 0 Å². The fourth-order valence-electron chi connectivity index (χ4n) is 2.33. The maximum Gasteiger partial charge on any atom is 0.416 e. The van der Waals surface area contributed by atoms with E-state index in [2.05, 4.69) is 0 Å². The number of methoxy groups -OCH3 is 1. The van der Waals surface area contributed by atoms with Gasteiger partial charge in [0.15, 0.2) is 0 Å². The molecule has 112 valence electrons. The van der Waals surface area contributed by atoms with Gasteiger partial charge in [-0.1, -0.05) is 36.8 Å². The molecule has 21 heavy (non-hydrogen) atoms. The van der Waals surface area contributed by atoms with E-state index in [0.717, 1.165) is 34.6 Å². The summed E-state index contributed by atoms with van der Waals surface area (Å²) in [6, 6.07) is 11.1. The largest absolute Gasteiger partial charge is 0.496 e. The molecule has 0 spiro atoms. The maximum atomic E-state index is 12.6. The van der Waals surface area contributed by atoms with E-state index in [9.17, 15) is 13.2 Å². The van der Waals surface area contributed by atoms with E-state index in [-0.39, 0.29) is 5.92 Å². The molecule has 0 aromatic heterocycles. The van der Waals surface area contributed by atoms with Gasteiger partial charge in [0.25, 0.3) is 0 Å². The second-order valence-corrected chi connectivity index (χ2v) is 5.09. The summed E-state index contributed by atoms with van der Waals surface area (Å²) in [4.78, 5) is 0. The van der Waals surface area contributed by atoms with Crippen LogP contribution < -0.4 is 4.74 Å². The van der Waals surface area contributed by atoms with E-state index in [1.807, 2.05) is 32.0 Å². The topological polar surface area (TPSA) is 9.23 Å². The van der Waals surface area contributed by atoms with Gasteiger partial charge in [-0.15, -0.1) is 0 Å². The lowest BCUT2D eigenvalue weighted by Crippen LogP contribution is -2.05. The third-order valence-electron chi connectivity index (χ3n) is 3.59. The quantitative estimate of drug-likeness (QED) is 0.758. The Bertz CT molecular complexity index is 615. The first-order chi connectivity index (χ1) is 9.82. The lowest BCUT2D eigenvalue weighted by atomic mass is 9.91. The molecule has 0 saturated heterocycles. The average molecular weight is 294 g/mol. The summed E-state index contributed by atoms with van der Waals surface area (Å²) in [7, 11) is 1.59. The Kier molecular flexibility index (Phi) is 4.26. The summed E-state index contributed by atoms with van der Waals surface area (Å²) in [5.74, 6) is 0.704. The zero-order chi connectivity index (χ0) is 15.6. The van der Waals surface area contributed by atoms with Crippen LogP contribution in [0.15, 0.2) is 42.5 Å². The summed E-state index contributed by atoms with van der Waals surface area (Å²) in [6.07, 6.45) is -4.30. The SMILES string of the molecule is COc1ccc(C)cc1C(C)c1ccc(C(F)(F)F)cc1. The molecule has 0 heterocycles. The molecule has 0 aliphatic rings. The minimum Gasteiger partial charge on any atom is -0.496 e. The fourth-order valence-corrected chi connectivity index (χ4v) is 2.33. The highest BCUT2D eigenvalue weighted by atomic mass is 19.4. The van der Waals surface area contributed by atoms with E-state index in [1.54, 1.807) is 7.11 Å². The Hall–Kier alpha value is -1.97. The molecule has 2 rings (SSSR count). The van der Waals surface area contributed by atoms with Gasteiger partial charge >= 0.3 is 6.18 Å². The summed E-state index contributed by atoms with van der Waals surface area (Å²) < 4.78 is 43.1. The van der Waals surface area contributed by atoms with Crippen molar-refractivity contribution in [3.05, 3.63) is 64.7 Å². The third kappa shape index (κ3) is 3.38. The van der Waals surface area contributed by atoms with Crippen molar-refractivity contribution in [2.24, 2.45) is 0 Å². The molecular formula is C17H17F3O. The van der Waals surface area contributed by atoms with Crippen LogP contribution in [0.25, 0.3) is 0 Å². The average Bonchev–Trinajstić information content (AvgIpc) is 2.45. The van der Waals surface area contributed by atoms with Crippen LogP contribution in [0.4, 0.5) is 13.2 Å². The van der Waals surface area contributed by atoms with Gasteiger partial charge in [-0.3, -0.25) is 0 Å². The first kappa shape index (κ1) is 15.4. The van der Waals surface area contributed by atoms with Gasteiger partial charge in [0.2, 0.25) is 0 Å². The van der Waals surface area contributed by atoms with Gasteiger partial charge in [0.1, 0.15) is 5.75 Å². The minimum atomic E-state index is -4.30. The van der Waals surface area contributed by atoms with E-state index < -0.39 is 11.7 Å². The van der Waals surface area contributed by atoms with Crippen molar-refractivity contribution in [3.63, 3.8) is 0 Å². The standard InChI is InChI=1S/C17H17F3O/c1-11-4-9-16(21-3)15(10-11)12(2)13-5-7-14(8-6-13)17(18,19)20/h4-10,12H,1-3H3. The van der Waals surface area contributed by atoms with Crippen LogP contribution in [0.1, 0.15) is 35.1 Å². The van der Waals surface area contributed by atoms with Crippen LogP contribution in [0, 0.1) is 6.92 Å². The monoisotopic (exact) mass is 294 g/mol. The number of alkyl halides is 3. The highest BCUT2D eigenvalue weighted by Crippen LogP contribution is 2.34. The van der Waals surface area contributed by atoms with Crippen molar-refractivity contribution in [1.82, 2.24) is 0 Å². The molecule has 2 aromatic carbocycles. The molecule has 4 heteroatoms. The third-order valence-corrected chi connectivity index (χ3v) is 3.59.